The number of piperidine rings is 2. The maximum atomic E-state index is 13.0. The average Bonchev–Trinajstić information content (AvgIpc) is 3.00. The predicted molar refractivity (Wildman–Crippen MR) is 97.5 cm³/mol. The summed E-state index contributed by atoms with van der Waals surface area (Å²) >= 11 is 0. The molecule has 1 aromatic carbocycles. The second-order valence-electron chi connectivity index (χ2n) is 8.10. The van der Waals surface area contributed by atoms with Crippen molar-refractivity contribution in [2.24, 2.45) is 11.8 Å². The fourth-order valence-electron chi connectivity index (χ4n) is 6.30. The molecule has 0 radical (unpaired) electrons. The molecular weight excluding hydrogens is 312 g/mol. The van der Waals surface area contributed by atoms with Crippen LogP contribution in [0.25, 0.3) is 0 Å². The Kier molecular flexibility index (Phi) is 3.30. The summed E-state index contributed by atoms with van der Waals surface area (Å²) < 4.78 is 5.33. The van der Waals surface area contributed by atoms with Crippen LogP contribution in [0.2, 0.25) is 0 Å². The summed E-state index contributed by atoms with van der Waals surface area (Å²) in [5.74, 6) is 0.411. The van der Waals surface area contributed by atoms with Crippen LogP contribution in [0, 0.1) is 11.8 Å². The number of benzene rings is 1. The summed E-state index contributed by atoms with van der Waals surface area (Å²) in [6.45, 7) is 4.27. The number of carbonyl (C=O) groups is 1. The number of anilines is 1. The van der Waals surface area contributed by atoms with Gasteiger partial charge < -0.3 is 10.1 Å². The highest BCUT2D eigenvalue weighted by Crippen LogP contribution is 2.58. The highest BCUT2D eigenvalue weighted by atomic mass is 16.5. The van der Waals surface area contributed by atoms with Gasteiger partial charge in [-0.2, -0.15) is 0 Å². The van der Waals surface area contributed by atoms with E-state index in [1.54, 1.807) is 7.11 Å². The lowest BCUT2D eigenvalue weighted by molar-refractivity contribution is -0.149. The second-order valence-corrected chi connectivity index (χ2v) is 8.10. The molecule has 3 fully saturated rings. The van der Waals surface area contributed by atoms with Crippen molar-refractivity contribution in [1.82, 2.24) is 4.90 Å². The number of para-hydroxylation sites is 1. The molecule has 1 N–H and O–H groups in total. The summed E-state index contributed by atoms with van der Waals surface area (Å²) in [7, 11) is 1.55. The Hall–Kier alpha value is -1.81. The molecule has 3 aliphatic heterocycles. The number of esters is 1. The molecule has 5 atom stereocenters. The first-order chi connectivity index (χ1) is 12.2. The average molecular weight is 338 g/mol. The van der Waals surface area contributed by atoms with Gasteiger partial charge in [0.2, 0.25) is 0 Å². The third kappa shape index (κ3) is 1.89. The SMILES string of the molecule is C/C=C1/CN2CCC34c5ccccc5NC3C2CC1C[C@H]4C(=O)OC. The fraction of sp³-hybridized carbons (Fsp3) is 0.571. The standard InChI is InChI=1S/C21H26N2O2/c1-3-13-12-23-9-8-21-15-6-4-5-7-17(15)22-19(21)18(23)11-14(13)10-16(21)20(24)25-2/h3-7,14,16,18-19,22H,8-12H2,1-2H3/b13-3-/t14?,16-,18?,19?,21?/m0/s1. The Morgan fingerprint density at radius 3 is 3.00 bits per heavy atom. The number of fused-ring (bicyclic) bond motifs is 2. The molecule has 25 heavy (non-hydrogen) atoms. The first-order valence-corrected chi connectivity index (χ1v) is 9.52. The van der Waals surface area contributed by atoms with Crippen molar-refractivity contribution in [1.29, 1.82) is 0 Å². The summed E-state index contributed by atoms with van der Waals surface area (Å²) in [6.07, 6.45) is 5.38. The third-order valence-corrected chi connectivity index (χ3v) is 7.40. The molecule has 0 aromatic heterocycles. The van der Waals surface area contributed by atoms with Crippen LogP contribution in [0.3, 0.4) is 0 Å². The molecule has 4 heteroatoms. The van der Waals surface area contributed by atoms with Crippen LogP contribution < -0.4 is 5.32 Å². The summed E-state index contributed by atoms with van der Waals surface area (Å²) in [5.41, 5.74) is 3.95. The summed E-state index contributed by atoms with van der Waals surface area (Å²) in [5, 5.41) is 3.83. The van der Waals surface area contributed by atoms with Crippen LogP contribution in [0.5, 0.6) is 0 Å². The number of nitrogens with zero attached hydrogens (tertiary/aromatic N) is 1. The molecule has 2 saturated heterocycles. The van der Waals surface area contributed by atoms with E-state index in [1.165, 1.54) is 16.8 Å². The van der Waals surface area contributed by atoms with Gasteiger partial charge in [0.15, 0.2) is 0 Å². The van der Waals surface area contributed by atoms with Crippen molar-refractivity contribution in [3.63, 3.8) is 0 Å². The maximum Gasteiger partial charge on any atom is 0.309 e. The quantitative estimate of drug-likeness (QED) is 0.631. The van der Waals surface area contributed by atoms with Gasteiger partial charge in [0.05, 0.1) is 19.1 Å². The van der Waals surface area contributed by atoms with Crippen molar-refractivity contribution in [3.05, 3.63) is 41.5 Å². The van der Waals surface area contributed by atoms with E-state index in [4.69, 9.17) is 4.74 Å². The van der Waals surface area contributed by atoms with E-state index in [9.17, 15) is 4.79 Å². The molecule has 0 spiro atoms. The minimum absolute atomic E-state index is 0.0278. The Balaban J connectivity index is 1.72. The van der Waals surface area contributed by atoms with Crippen molar-refractivity contribution in [2.45, 2.75) is 43.7 Å². The van der Waals surface area contributed by atoms with E-state index in [-0.39, 0.29) is 17.3 Å². The summed E-state index contributed by atoms with van der Waals surface area (Å²) in [6, 6.07) is 9.44. The smallest absolute Gasteiger partial charge is 0.309 e. The van der Waals surface area contributed by atoms with Crippen LogP contribution in [-0.2, 0) is 14.9 Å². The molecule has 1 aliphatic carbocycles. The molecule has 132 valence electrons. The number of carbonyl (C=O) groups excluding carboxylic acids is 1. The minimum atomic E-state index is -0.122. The molecular formula is C21H26N2O2. The van der Waals surface area contributed by atoms with Gasteiger partial charge in [0, 0.05) is 23.7 Å². The maximum absolute atomic E-state index is 13.0. The number of ether oxygens (including phenoxy) is 1. The molecule has 1 aromatic rings. The lowest BCUT2D eigenvalue weighted by Crippen LogP contribution is -2.63. The second kappa shape index (κ2) is 5.34. The minimum Gasteiger partial charge on any atom is -0.469 e. The number of methoxy groups -OCH3 is 1. The fourth-order valence-corrected chi connectivity index (χ4v) is 6.30. The van der Waals surface area contributed by atoms with Crippen LogP contribution in [0.1, 0.15) is 31.7 Å². The van der Waals surface area contributed by atoms with Gasteiger partial charge >= 0.3 is 5.97 Å². The predicted octanol–water partition coefficient (Wildman–Crippen LogP) is 2.95. The van der Waals surface area contributed by atoms with Crippen molar-refractivity contribution >= 4 is 11.7 Å². The number of hydrogen-bond donors (Lipinski definition) is 1. The van der Waals surface area contributed by atoms with E-state index in [0.717, 1.165) is 32.4 Å². The molecule has 4 unspecified atom stereocenters. The zero-order valence-electron chi connectivity index (χ0n) is 15.0. The lowest BCUT2D eigenvalue weighted by Gasteiger charge is -2.51. The Morgan fingerprint density at radius 1 is 1.36 bits per heavy atom. The first kappa shape index (κ1) is 15.4. The number of hydrogen-bond acceptors (Lipinski definition) is 4. The largest absolute Gasteiger partial charge is 0.469 e. The normalized spacial score (nSPS) is 40.2. The topological polar surface area (TPSA) is 41.6 Å². The first-order valence-electron chi connectivity index (χ1n) is 9.52. The number of allylic oxidation sites excluding steroid dienone is 1. The van der Waals surface area contributed by atoms with Gasteiger partial charge in [0.1, 0.15) is 0 Å². The van der Waals surface area contributed by atoms with Gasteiger partial charge in [-0.1, -0.05) is 29.8 Å². The molecule has 3 heterocycles. The lowest BCUT2D eigenvalue weighted by atomic mass is 9.62. The van der Waals surface area contributed by atoms with Gasteiger partial charge in [-0.05, 0) is 50.3 Å². The van der Waals surface area contributed by atoms with Gasteiger partial charge in [-0.25, -0.2) is 0 Å². The molecule has 1 saturated carbocycles. The van der Waals surface area contributed by atoms with Gasteiger partial charge in [0.25, 0.3) is 0 Å². The summed E-state index contributed by atoms with van der Waals surface area (Å²) in [4.78, 5) is 15.6. The van der Waals surface area contributed by atoms with Crippen LogP contribution in [0.4, 0.5) is 5.69 Å². The molecule has 4 nitrogen and oxygen atoms in total. The zero-order chi connectivity index (χ0) is 17.2. The monoisotopic (exact) mass is 338 g/mol. The van der Waals surface area contributed by atoms with E-state index < -0.39 is 0 Å². The van der Waals surface area contributed by atoms with Crippen LogP contribution in [0.15, 0.2) is 35.9 Å². The molecule has 4 aliphatic rings. The van der Waals surface area contributed by atoms with Gasteiger partial charge in [-0.3, -0.25) is 9.69 Å². The van der Waals surface area contributed by atoms with Crippen LogP contribution >= 0.6 is 0 Å². The van der Waals surface area contributed by atoms with Crippen LogP contribution in [-0.4, -0.2) is 43.2 Å². The zero-order valence-corrected chi connectivity index (χ0v) is 15.0. The Morgan fingerprint density at radius 2 is 2.20 bits per heavy atom. The highest BCUT2D eigenvalue weighted by molar-refractivity contribution is 5.78. The van der Waals surface area contributed by atoms with E-state index in [0.29, 0.717) is 18.0 Å². The Bertz CT molecular complexity index is 758. The number of nitrogens with one attached hydrogen (secondary N) is 1. The highest BCUT2D eigenvalue weighted by Gasteiger charge is 2.63. The molecule has 0 amide bonds. The van der Waals surface area contributed by atoms with Crippen molar-refractivity contribution in [3.8, 4) is 0 Å². The van der Waals surface area contributed by atoms with E-state index in [1.807, 2.05) is 0 Å². The van der Waals surface area contributed by atoms with Gasteiger partial charge in [-0.15, -0.1) is 0 Å². The molecule has 5 rings (SSSR count). The third-order valence-electron chi connectivity index (χ3n) is 7.40. The van der Waals surface area contributed by atoms with Crippen molar-refractivity contribution in [2.75, 3.05) is 25.5 Å². The van der Waals surface area contributed by atoms with E-state index in [2.05, 4.69) is 47.5 Å². The Labute approximate surface area is 149 Å². The van der Waals surface area contributed by atoms with E-state index >= 15 is 0 Å². The number of rotatable bonds is 1. The molecule has 3 bridgehead atoms. The van der Waals surface area contributed by atoms with Crippen molar-refractivity contribution < 1.29 is 9.53 Å².